The van der Waals surface area contributed by atoms with E-state index in [9.17, 15) is 0 Å². The molecule has 4 N–H and O–H groups in total. The number of rotatable bonds is 3. The molecule has 0 radical (unpaired) electrons. The third-order valence-corrected chi connectivity index (χ3v) is 2.75. The first-order valence-corrected chi connectivity index (χ1v) is 3.93. The van der Waals surface area contributed by atoms with Crippen LogP contribution in [0.2, 0.25) is 0 Å². The predicted octanol–water partition coefficient (Wildman–Crippen LogP) is 1.24. The van der Waals surface area contributed by atoms with E-state index < -0.39 is 9.87 Å². The maximum Gasteiger partial charge on any atom is 0.136 e. The van der Waals surface area contributed by atoms with E-state index in [4.69, 9.17) is 34.7 Å². The summed E-state index contributed by atoms with van der Waals surface area (Å²) in [4.78, 5) is 0. The van der Waals surface area contributed by atoms with Gasteiger partial charge in [0.1, 0.15) is 4.33 Å². The second kappa shape index (κ2) is 5.03. The second-order valence-electron chi connectivity index (χ2n) is 2.96. The van der Waals surface area contributed by atoms with Crippen LogP contribution in [0.1, 0.15) is 20.3 Å². The molecule has 2 nitrogen and oxygen atoms in total. The van der Waals surface area contributed by atoms with E-state index in [1.165, 1.54) is 0 Å². The van der Waals surface area contributed by atoms with E-state index in [1.54, 1.807) is 13.8 Å². The molecular formula is C6H14Cl2N2Pt. The summed E-state index contributed by atoms with van der Waals surface area (Å²) >= 11 is 11.7. The minimum Gasteiger partial charge on any atom is -0.330 e. The standard InChI is InChI=1S/C6H14Cl2N2.Pt/c1-5(2,10)6(7,8)3-4-9;/h3-4,9-10H2,1-2H3;. The van der Waals surface area contributed by atoms with Crippen LogP contribution in [0, 0.1) is 0 Å². The van der Waals surface area contributed by atoms with E-state index >= 15 is 0 Å². The van der Waals surface area contributed by atoms with Gasteiger partial charge in [-0.15, -0.1) is 0 Å². The van der Waals surface area contributed by atoms with Crippen molar-refractivity contribution in [2.45, 2.75) is 30.1 Å². The molecule has 0 aromatic rings. The first-order chi connectivity index (χ1) is 4.31. The summed E-state index contributed by atoms with van der Waals surface area (Å²) in [6.45, 7) is 4.01. The van der Waals surface area contributed by atoms with E-state index in [2.05, 4.69) is 0 Å². The van der Waals surface area contributed by atoms with Gasteiger partial charge in [-0.25, -0.2) is 0 Å². The van der Waals surface area contributed by atoms with Crippen LogP contribution in [-0.4, -0.2) is 16.4 Å². The maximum atomic E-state index is 5.87. The van der Waals surface area contributed by atoms with Gasteiger partial charge in [0.05, 0.1) is 0 Å². The smallest absolute Gasteiger partial charge is 0.136 e. The van der Waals surface area contributed by atoms with E-state index in [0.29, 0.717) is 13.0 Å². The Hall–Kier alpha value is 1.19. The van der Waals surface area contributed by atoms with Crippen LogP contribution in [0.3, 0.4) is 0 Å². The van der Waals surface area contributed by atoms with Crippen LogP contribution >= 0.6 is 23.2 Å². The zero-order valence-electron chi connectivity index (χ0n) is 6.64. The van der Waals surface area contributed by atoms with Gasteiger partial charge in [0.2, 0.25) is 0 Å². The average Bonchev–Trinajstić information content (AvgIpc) is 1.61. The minimum atomic E-state index is -0.915. The van der Waals surface area contributed by atoms with Crippen molar-refractivity contribution >= 4 is 23.2 Å². The SMILES string of the molecule is CC(C)(N)C(Cl)(Cl)CCN.[Pt]. The van der Waals surface area contributed by atoms with Gasteiger partial charge >= 0.3 is 0 Å². The average molecular weight is 380 g/mol. The molecule has 11 heavy (non-hydrogen) atoms. The van der Waals surface area contributed by atoms with Crippen LogP contribution in [0.4, 0.5) is 0 Å². The Morgan fingerprint density at radius 2 is 1.64 bits per heavy atom. The first-order valence-electron chi connectivity index (χ1n) is 3.18. The fourth-order valence-electron chi connectivity index (χ4n) is 0.503. The van der Waals surface area contributed by atoms with E-state index in [-0.39, 0.29) is 21.1 Å². The molecule has 0 aliphatic rings. The fraction of sp³-hybridized carbons (Fsp3) is 1.00. The summed E-state index contributed by atoms with van der Waals surface area (Å²) in [7, 11) is 0. The molecule has 0 bridgehead atoms. The molecule has 0 aromatic carbocycles. The molecule has 0 heterocycles. The topological polar surface area (TPSA) is 52.0 Å². The summed E-state index contributed by atoms with van der Waals surface area (Å²) in [6, 6.07) is 0. The van der Waals surface area contributed by atoms with Gasteiger partial charge < -0.3 is 11.5 Å². The van der Waals surface area contributed by atoms with Crippen LogP contribution in [0.5, 0.6) is 0 Å². The van der Waals surface area contributed by atoms with Crippen LogP contribution in [0.15, 0.2) is 0 Å². The molecule has 5 heteroatoms. The zero-order valence-corrected chi connectivity index (χ0v) is 10.4. The molecule has 0 spiro atoms. The molecule has 0 atom stereocenters. The molecule has 0 rings (SSSR count). The van der Waals surface area contributed by atoms with Crippen molar-refractivity contribution in [1.82, 2.24) is 0 Å². The number of halogens is 2. The largest absolute Gasteiger partial charge is 0.330 e. The van der Waals surface area contributed by atoms with Crippen LogP contribution in [0.25, 0.3) is 0 Å². The van der Waals surface area contributed by atoms with Crippen molar-refractivity contribution in [3.05, 3.63) is 0 Å². The van der Waals surface area contributed by atoms with Gasteiger partial charge in [-0.3, -0.25) is 0 Å². The Kier molecular flexibility index (Phi) is 6.73. The number of nitrogens with two attached hydrogens (primary N) is 2. The summed E-state index contributed by atoms with van der Waals surface area (Å²) in [5.74, 6) is 0. The second-order valence-corrected chi connectivity index (χ2v) is 4.45. The number of alkyl halides is 2. The van der Waals surface area contributed by atoms with Crippen molar-refractivity contribution in [2.75, 3.05) is 6.54 Å². The Morgan fingerprint density at radius 1 is 1.27 bits per heavy atom. The third-order valence-electron chi connectivity index (χ3n) is 1.40. The predicted molar refractivity (Wildman–Crippen MR) is 46.4 cm³/mol. The molecule has 0 saturated carbocycles. The fourth-order valence-corrected chi connectivity index (χ4v) is 0.722. The molecule has 72 valence electrons. The number of hydrogen-bond acceptors (Lipinski definition) is 2. The number of hydrogen-bond donors (Lipinski definition) is 2. The van der Waals surface area contributed by atoms with Crippen LogP contribution < -0.4 is 11.5 Å². The molecule has 0 aromatic heterocycles. The van der Waals surface area contributed by atoms with Crippen molar-refractivity contribution in [2.24, 2.45) is 11.5 Å². The summed E-state index contributed by atoms with van der Waals surface area (Å²) < 4.78 is -0.915. The Balaban J connectivity index is 0. The summed E-state index contributed by atoms with van der Waals surface area (Å²) in [6.07, 6.45) is 0.514. The Bertz CT molecular complexity index is 112. The van der Waals surface area contributed by atoms with Crippen molar-refractivity contribution in [1.29, 1.82) is 0 Å². The van der Waals surface area contributed by atoms with Gasteiger partial charge in [0, 0.05) is 26.6 Å². The molecule has 0 aliphatic heterocycles. The van der Waals surface area contributed by atoms with Crippen molar-refractivity contribution in [3.8, 4) is 0 Å². The van der Waals surface area contributed by atoms with Crippen molar-refractivity contribution < 1.29 is 21.1 Å². The van der Waals surface area contributed by atoms with E-state index in [0.717, 1.165) is 0 Å². The van der Waals surface area contributed by atoms with Crippen molar-refractivity contribution in [3.63, 3.8) is 0 Å². The van der Waals surface area contributed by atoms with Crippen LogP contribution in [-0.2, 0) is 21.1 Å². The normalized spacial score (nSPS) is 12.5. The molecular weight excluding hydrogens is 366 g/mol. The molecule has 0 unspecified atom stereocenters. The van der Waals surface area contributed by atoms with Gasteiger partial charge in [0.15, 0.2) is 0 Å². The maximum absolute atomic E-state index is 5.87. The van der Waals surface area contributed by atoms with E-state index in [1.807, 2.05) is 0 Å². The quantitative estimate of drug-likeness (QED) is 0.725. The first kappa shape index (κ1) is 14.7. The molecule has 0 saturated heterocycles. The molecule has 0 aliphatic carbocycles. The van der Waals surface area contributed by atoms with Gasteiger partial charge in [-0.2, -0.15) is 0 Å². The summed E-state index contributed by atoms with van der Waals surface area (Å²) in [5.41, 5.74) is 10.4. The van der Waals surface area contributed by atoms with Gasteiger partial charge in [0.25, 0.3) is 0 Å². The minimum absolute atomic E-state index is 0. The van der Waals surface area contributed by atoms with Gasteiger partial charge in [-0.1, -0.05) is 23.2 Å². The summed E-state index contributed by atoms with van der Waals surface area (Å²) in [5, 5.41) is 0. The third kappa shape index (κ3) is 4.69. The van der Waals surface area contributed by atoms with Gasteiger partial charge in [-0.05, 0) is 26.8 Å². The molecule has 0 fully saturated rings. The molecule has 0 amide bonds. The zero-order chi connectivity index (χ0) is 8.41. The monoisotopic (exact) mass is 379 g/mol. The Labute approximate surface area is 92.2 Å². The Morgan fingerprint density at radius 3 is 1.73 bits per heavy atom.